The van der Waals surface area contributed by atoms with E-state index in [0.29, 0.717) is 10.1 Å². The van der Waals surface area contributed by atoms with Crippen molar-refractivity contribution in [3.63, 3.8) is 0 Å². The average molecular weight is 441 g/mol. The normalized spacial score (nSPS) is 13.5. The smallest absolute Gasteiger partial charge is 0.455 e. The number of nitrogens with one attached hydrogen (secondary N) is 1. The van der Waals surface area contributed by atoms with Crippen molar-refractivity contribution in [1.29, 1.82) is 0 Å². The molecular formula is C21H16F5NO2S. The van der Waals surface area contributed by atoms with Crippen LogP contribution in [0, 0.1) is 0 Å². The molecule has 0 aliphatic rings. The van der Waals surface area contributed by atoms with Crippen LogP contribution in [0.3, 0.4) is 0 Å². The molecule has 0 saturated heterocycles. The fraction of sp³-hybridized carbons (Fsp3) is 0.190. The number of alkyl halides is 5. The molecule has 0 radical (unpaired) electrons. The third-order valence-corrected chi connectivity index (χ3v) is 5.59. The van der Waals surface area contributed by atoms with Crippen molar-refractivity contribution in [3.05, 3.63) is 71.1 Å². The quantitative estimate of drug-likeness (QED) is 0.272. The highest BCUT2D eigenvalue weighted by molar-refractivity contribution is 7.19. The summed E-state index contributed by atoms with van der Waals surface area (Å²) in [7, 11) is 1.14. The van der Waals surface area contributed by atoms with Gasteiger partial charge in [-0.3, -0.25) is 0 Å². The second-order valence-corrected chi connectivity index (χ2v) is 7.38. The van der Waals surface area contributed by atoms with Crippen LogP contribution in [0.4, 0.5) is 27.6 Å². The molecule has 3 rings (SSSR count). The number of thiophene rings is 1. The van der Waals surface area contributed by atoms with E-state index in [9.17, 15) is 26.7 Å². The number of esters is 1. The lowest BCUT2D eigenvalue weighted by Crippen LogP contribution is -2.45. The minimum Gasteiger partial charge on any atom is -0.466 e. The summed E-state index contributed by atoms with van der Waals surface area (Å²) in [6.07, 6.45) is -3.60. The van der Waals surface area contributed by atoms with Gasteiger partial charge in [0.25, 0.3) is 0 Å². The molecule has 0 spiro atoms. The summed E-state index contributed by atoms with van der Waals surface area (Å²) in [6.45, 7) is 0. The number of carbonyl (C=O) groups excluding carboxylic acids is 1. The molecule has 30 heavy (non-hydrogen) atoms. The van der Waals surface area contributed by atoms with Crippen molar-refractivity contribution in [2.45, 2.75) is 18.1 Å². The van der Waals surface area contributed by atoms with Crippen molar-refractivity contribution < 1.29 is 31.5 Å². The van der Waals surface area contributed by atoms with Gasteiger partial charge in [0.15, 0.2) is 0 Å². The van der Waals surface area contributed by atoms with E-state index >= 15 is 0 Å². The number of halogens is 5. The minimum atomic E-state index is -5.79. The summed E-state index contributed by atoms with van der Waals surface area (Å²) in [6, 6.07) is 11.5. The van der Waals surface area contributed by atoms with Crippen molar-refractivity contribution in [3.8, 4) is 0 Å². The van der Waals surface area contributed by atoms with Crippen LogP contribution in [0.1, 0.15) is 16.5 Å². The number of hydrogen-bond donors (Lipinski definition) is 1. The van der Waals surface area contributed by atoms with Gasteiger partial charge in [-0.15, -0.1) is 11.3 Å². The molecule has 0 bridgehead atoms. The van der Waals surface area contributed by atoms with Crippen LogP contribution >= 0.6 is 11.3 Å². The van der Waals surface area contributed by atoms with Crippen LogP contribution in [0.2, 0.25) is 0 Å². The van der Waals surface area contributed by atoms with Crippen LogP contribution < -0.4 is 5.32 Å². The summed E-state index contributed by atoms with van der Waals surface area (Å²) in [5, 5.41) is 2.79. The molecule has 158 valence electrons. The van der Waals surface area contributed by atoms with Gasteiger partial charge in [-0.2, -0.15) is 22.0 Å². The first-order valence-corrected chi connectivity index (χ1v) is 9.50. The highest BCUT2D eigenvalue weighted by Crippen LogP contribution is 2.50. The van der Waals surface area contributed by atoms with E-state index in [-0.39, 0.29) is 16.1 Å². The number of benzene rings is 2. The monoisotopic (exact) mass is 441 g/mol. The van der Waals surface area contributed by atoms with Crippen molar-refractivity contribution in [2.75, 3.05) is 12.4 Å². The molecule has 0 saturated carbocycles. The van der Waals surface area contributed by atoms with Crippen LogP contribution in [0.5, 0.6) is 0 Å². The zero-order valence-corrected chi connectivity index (χ0v) is 16.4. The Morgan fingerprint density at radius 1 is 1.03 bits per heavy atom. The number of rotatable bonds is 6. The lowest BCUT2D eigenvalue weighted by atomic mass is 10.0. The maximum atomic E-state index is 14.6. The van der Waals surface area contributed by atoms with Crippen molar-refractivity contribution in [2.24, 2.45) is 0 Å². The fourth-order valence-corrected chi connectivity index (χ4v) is 4.16. The fourth-order valence-electron chi connectivity index (χ4n) is 2.88. The Balaban J connectivity index is 2.22. The van der Waals surface area contributed by atoms with Gasteiger partial charge in [0.1, 0.15) is 6.04 Å². The number of ether oxygens (including phenoxy) is 1. The third-order valence-electron chi connectivity index (χ3n) is 4.34. The summed E-state index contributed by atoms with van der Waals surface area (Å²) < 4.78 is 74.4. The summed E-state index contributed by atoms with van der Waals surface area (Å²) in [5.74, 6) is -5.84. The van der Waals surface area contributed by atoms with Gasteiger partial charge < -0.3 is 10.1 Å². The molecule has 1 aromatic heterocycles. The summed E-state index contributed by atoms with van der Waals surface area (Å²) in [4.78, 5) is 11.3. The predicted molar refractivity (Wildman–Crippen MR) is 107 cm³/mol. The van der Waals surface area contributed by atoms with Gasteiger partial charge in [-0.25, -0.2) is 4.79 Å². The maximum Gasteiger partial charge on any atom is 0.455 e. The topological polar surface area (TPSA) is 38.3 Å². The van der Waals surface area contributed by atoms with Gasteiger partial charge >= 0.3 is 18.1 Å². The number of anilines is 1. The van der Waals surface area contributed by atoms with E-state index < -0.39 is 24.1 Å². The molecular weight excluding hydrogens is 425 g/mol. The van der Waals surface area contributed by atoms with E-state index in [1.54, 1.807) is 30.3 Å². The van der Waals surface area contributed by atoms with E-state index in [1.165, 1.54) is 30.3 Å². The van der Waals surface area contributed by atoms with Crippen LogP contribution in [-0.4, -0.2) is 25.2 Å². The highest BCUT2D eigenvalue weighted by Gasteiger charge is 2.63. The highest BCUT2D eigenvalue weighted by atomic mass is 32.1. The maximum absolute atomic E-state index is 14.6. The molecule has 0 fully saturated rings. The Hall–Kier alpha value is -2.94. The summed E-state index contributed by atoms with van der Waals surface area (Å²) >= 11 is 0.808. The summed E-state index contributed by atoms with van der Waals surface area (Å²) in [5.41, 5.74) is 0.199. The molecule has 9 heteroatoms. The van der Waals surface area contributed by atoms with E-state index in [2.05, 4.69) is 10.1 Å². The van der Waals surface area contributed by atoms with Crippen molar-refractivity contribution in [1.82, 2.24) is 0 Å². The SMILES string of the molecule is COC(=O)/C=C/c1c(C(Nc2ccccc2)C(F)(F)C(F)(F)F)sc2ccccc12. The number of fused-ring (bicyclic) bond motifs is 1. The second kappa shape index (κ2) is 8.43. The second-order valence-electron chi connectivity index (χ2n) is 6.30. The third kappa shape index (κ3) is 4.30. The van der Waals surface area contributed by atoms with Crippen LogP contribution in [0.15, 0.2) is 60.7 Å². The first-order valence-electron chi connectivity index (χ1n) is 8.68. The number of carbonyl (C=O) groups is 1. The van der Waals surface area contributed by atoms with Gasteiger partial charge in [-0.1, -0.05) is 36.4 Å². The number of methoxy groups -OCH3 is 1. The number of para-hydroxylation sites is 1. The Morgan fingerprint density at radius 2 is 1.67 bits per heavy atom. The molecule has 0 amide bonds. The van der Waals surface area contributed by atoms with E-state index in [4.69, 9.17) is 0 Å². The minimum absolute atomic E-state index is 0.0957. The zero-order chi connectivity index (χ0) is 21.9. The largest absolute Gasteiger partial charge is 0.466 e. The van der Waals surface area contributed by atoms with Crippen LogP contribution in [0.25, 0.3) is 16.2 Å². The van der Waals surface area contributed by atoms with Gasteiger partial charge in [0.2, 0.25) is 0 Å². The molecule has 3 nitrogen and oxygen atoms in total. The Kier molecular flexibility index (Phi) is 6.12. The first kappa shape index (κ1) is 21.8. The standard InChI is InChI=1S/C21H16F5NO2S/c1-29-17(28)12-11-15-14-9-5-6-10-16(14)30-18(15)19(20(22,23)21(24,25)26)27-13-7-3-2-4-8-13/h2-12,19,27H,1H3/b12-11+. The molecule has 1 atom stereocenters. The number of hydrogen-bond acceptors (Lipinski definition) is 4. The van der Waals surface area contributed by atoms with E-state index in [1.807, 2.05) is 0 Å². The Bertz CT molecular complexity index is 1060. The Labute approximate surface area is 172 Å². The molecule has 0 aliphatic heterocycles. The van der Waals surface area contributed by atoms with Gasteiger partial charge in [0.05, 0.1) is 7.11 Å². The molecule has 0 aliphatic carbocycles. The lowest BCUT2D eigenvalue weighted by molar-refractivity contribution is -0.288. The lowest BCUT2D eigenvalue weighted by Gasteiger charge is -2.30. The Morgan fingerprint density at radius 3 is 2.30 bits per heavy atom. The molecule has 1 unspecified atom stereocenters. The van der Waals surface area contributed by atoms with E-state index in [0.717, 1.165) is 24.5 Å². The van der Waals surface area contributed by atoms with Crippen molar-refractivity contribution >= 4 is 39.2 Å². The molecule has 1 heterocycles. The average Bonchev–Trinajstić information content (AvgIpc) is 3.08. The molecule has 1 N–H and O–H groups in total. The molecule has 3 aromatic rings. The first-order chi connectivity index (χ1) is 14.1. The molecule has 2 aromatic carbocycles. The zero-order valence-electron chi connectivity index (χ0n) is 15.5. The van der Waals surface area contributed by atoms with Gasteiger partial charge in [-0.05, 0) is 29.8 Å². The predicted octanol–water partition coefficient (Wildman–Crippen LogP) is 6.44. The van der Waals surface area contributed by atoms with Gasteiger partial charge in [0, 0.05) is 26.7 Å². The van der Waals surface area contributed by atoms with Crippen LogP contribution in [-0.2, 0) is 9.53 Å².